The zero-order chi connectivity index (χ0) is 15.4. The molecule has 0 aromatic heterocycles. The quantitative estimate of drug-likeness (QED) is 0.672. The number of hydrogen-bond acceptors (Lipinski definition) is 2. The van der Waals surface area contributed by atoms with Crippen molar-refractivity contribution in [2.24, 2.45) is 0 Å². The molecule has 0 aliphatic rings. The van der Waals surface area contributed by atoms with E-state index >= 15 is 0 Å². The van der Waals surface area contributed by atoms with Crippen molar-refractivity contribution >= 4 is 17.3 Å². The summed E-state index contributed by atoms with van der Waals surface area (Å²) in [6, 6.07) is 6.98. The topological polar surface area (TPSA) is 41.1 Å². The molecule has 2 aromatic rings. The van der Waals surface area contributed by atoms with Gasteiger partial charge in [0.25, 0.3) is 0 Å². The van der Waals surface area contributed by atoms with Crippen LogP contribution in [0, 0.1) is 23.3 Å². The summed E-state index contributed by atoms with van der Waals surface area (Å²) in [5, 5.41) is 4.69. The van der Waals surface area contributed by atoms with Crippen LogP contribution in [0.1, 0.15) is 0 Å². The SMILES string of the molecule is O=C(CNc1cc(F)c(F)c(F)c1)Nc1ccccc1F. The van der Waals surface area contributed by atoms with Gasteiger partial charge in [-0.15, -0.1) is 0 Å². The molecule has 0 saturated carbocycles. The molecule has 0 spiro atoms. The first-order chi connectivity index (χ1) is 9.97. The summed E-state index contributed by atoms with van der Waals surface area (Å²) in [6.45, 7) is -0.362. The van der Waals surface area contributed by atoms with Crippen molar-refractivity contribution in [3.8, 4) is 0 Å². The maximum atomic E-state index is 13.3. The van der Waals surface area contributed by atoms with E-state index in [9.17, 15) is 22.4 Å². The van der Waals surface area contributed by atoms with Crippen LogP contribution in [0.25, 0.3) is 0 Å². The average Bonchev–Trinajstić information content (AvgIpc) is 2.45. The van der Waals surface area contributed by atoms with Gasteiger partial charge in [0.2, 0.25) is 5.91 Å². The van der Waals surface area contributed by atoms with Gasteiger partial charge in [0.1, 0.15) is 5.82 Å². The number of carbonyl (C=O) groups is 1. The van der Waals surface area contributed by atoms with E-state index in [0.29, 0.717) is 0 Å². The molecule has 2 aromatic carbocycles. The molecule has 1 amide bonds. The summed E-state index contributed by atoms with van der Waals surface area (Å²) < 4.78 is 51.9. The molecule has 0 atom stereocenters. The first-order valence-corrected chi connectivity index (χ1v) is 5.90. The van der Waals surface area contributed by atoms with Crippen molar-refractivity contribution in [2.45, 2.75) is 0 Å². The minimum atomic E-state index is -1.59. The first-order valence-electron chi connectivity index (χ1n) is 5.90. The van der Waals surface area contributed by atoms with Crippen LogP contribution < -0.4 is 10.6 Å². The zero-order valence-corrected chi connectivity index (χ0v) is 10.6. The molecule has 0 heterocycles. The molecule has 110 valence electrons. The van der Waals surface area contributed by atoms with Gasteiger partial charge in [-0.3, -0.25) is 4.79 Å². The lowest BCUT2D eigenvalue weighted by atomic mass is 10.2. The van der Waals surface area contributed by atoms with Gasteiger partial charge in [0, 0.05) is 17.8 Å². The summed E-state index contributed by atoms with van der Waals surface area (Å²) in [7, 11) is 0. The molecular formula is C14H10F4N2O. The Bertz CT molecular complexity index is 653. The van der Waals surface area contributed by atoms with Crippen LogP contribution >= 0.6 is 0 Å². The second kappa shape index (κ2) is 6.25. The van der Waals surface area contributed by atoms with Gasteiger partial charge in [-0.2, -0.15) is 0 Å². The third kappa shape index (κ3) is 3.71. The first kappa shape index (κ1) is 14.8. The number of para-hydroxylation sites is 1. The summed E-state index contributed by atoms with van der Waals surface area (Å²) in [6.07, 6.45) is 0. The van der Waals surface area contributed by atoms with E-state index in [1.165, 1.54) is 24.3 Å². The van der Waals surface area contributed by atoms with Crippen molar-refractivity contribution in [2.75, 3.05) is 17.2 Å². The summed E-state index contributed by atoms with van der Waals surface area (Å²) >= 11 is 0. The predicted molar refractivity (Wildman–Crippen MR) is 69.8 cm³/mol. The predicted octanol–water partition coefficient (Wildman–Crippen LogP) is 3.29. The van der Waals surface area contributed by atoms with Crippen LogP contribution in [-0.4, -0.2) is 12.5 Å². The van der Waals surface area contributed by atoms with Gasteiger partial charge < -0.3 is 10.6 Å². The Balaban J connectivity index is 1.97. The summed E-state index contributed by atoms with van der Waals surface area (Å²) in [5.41, 5.74) is -0.115. The fourth-order valence-corrected chi connectivity index (χ4v) is 1.60. The van der Waals surface area contributed by atoms with Crippen molar-refractivity contribution in [3.05, 3.63) is 59.7 Å². The molecule has 0 radical (unpaired) electrons. The van der Waals surface area contributed by atoms with Gasteiger partial charge in [-0.1, -0.05) is 12.1 Å². The Morgan fingerprint density at radius 3 is 2.19 bits per heavy atom. The number of rotatable bonds is 4. The zero-order valence-electron chi connectivity index (χ0n) is 10.6. The fourth-order valence-electron chi connectivity index (χ4n) is 1.60. The van der Waals surface area contributed by atoms with Crippen LogP contribution in [0.3, 0.4) is 0 Å². The molecule has 2 N–H and O–H groups in total. The number of amides is 1. The second-order valence-electron chi connectivity index (χ2n) is 4.14. The third-order valence-electron chi connectivity index (χ3n) is 2.58. The highest BCUT2D eigenvalue weighted by Gasteiger charge is 2.11. The average molecular weight is 298 g/mol. The van der Waals surface area contributed by atoms with Gasteiger partial charge in [-0.25, -0.2) is 17.6 Å². The lowest BCUT2D eigenvalue weighted by molar-refractivity contribution is -0.114. The highest BCUT2D eigenvalue weighted by molar-refractivity contribution is 5.93. The number of halogens is 4. The largest absolute Gasteiger partial charge is 0.376 e. The van der Waals surface area contributed by atoms with E-state index in [1.807, 2.05) is 0 Å². The fraction of sp³-hybridized carbons (Fsp3) is 0.0714. The van der Waals surface area contributed by atoms with Crippen molar-refractivity contribution in [3.63, 3.8) is 0 Å². The van der Waals surface area contributed by atoms with E-state index < -0.39 is 29.2 Å². The molecule has 21 heavy (non-hydrogen) atoms. The molecule has 3 nitrogen and oxygen atoms in total. The molecule has 2 rings (SSSR count). The molecule has 0 bridgehead atoms. The summed E-state index contributed by atoms with van der Waals surface area (Å²) in [4.78, 5) is 11.6. The lowest BCUT2D eigenvalue weighted by Crippen LogP contribution is -2.22. The molecule has 7 heteroatoms. The van der Waals surface area contributed by atoms with E-state index in [0.717, 1.165) is 12.1 Å². The lowest BCUT2D eigenvalue weighted by Gasteiger charge is -2.09. The highest BCUT2D eigenvalue weighted by atomic mass is 19.2. The molecule has 0 saturated heterocycles. The minimum Gasteiger partial charge on any atom is -0.376 e. The number of anilines is 2. The highest BCUT2D eigenvalue weighted by Crippen LogP contribution is 2.17. The van der Waals surface area contributed by atoms with Crippen molar-refractivity contribution in [1.29, 1.82) is 0 Å². The molecular weight excluding hydrogens is 288 g/mol. The summed E-state index contributed by atoms with van der Waals surface area (Å²) in [5.74, 6) is -5.55. The molecule has 0 aliphatic heterocycles. The van der Waals surface area contributed by atoms with E-state index in [4.69, 9.17) is 0 Å². The number of nitrogens with one attached hydrogen (secondary N) is 2. The van der Waals surface area contributed by atoms with Gasteiger partial charge in [0.05, 0.1) is 12.2 Å². The number of hydrogen-bond donors (Lipinski definition) is 2. The Labute approximate surface area is 117 Å². The molecule has 0 fully saturated rings. The van der Waals surface area contributed by atoms with Crippen molar-refractivity contribution < 1.29 is 22.4 Å². The van der Waals surface area contributed by atoms with Gasteiger partial charge in [-0.05, 0) is 12.1 Å². The number of carbonyl (C=O) groups excluding carboxylic acids is 1. The smallest absolute Gasteiger partial charge is 0.243 e. The van der Waals surface area contributed by atoms with Crippen LogP contribution in [0.5, 0.6) is 0 Å². The molecule has 0 unspecified atom stereocenters. The molecule has 0 aliphatic carbocycles. The second-order valence-corrected chi connectivity index (χ2v) is 4.14. The van der Waals surface area contributed by atoms with Crippen LogP contribution in [0.4, 0.5) is 28.9 Å². The Hall–Kier alpha value is -2.57. The Morgan fingerprint density at radius 2 is 1.57 bits per heavy atom. The van der Waals surface area contributed by atoms with Crippen LogP contribution in [0.15, 0.2) is 36.4 Å². The van der Waals surface area contributed by atoms with Crippen LogP contribution in [0.2, 0.25) is 0 Å². The Kier molecular flexibility index (Phi) is 4.42. The normalized spacial score (nSPS) is 10.3. The van der Waals surface area contributed by atoms with Gasteiger partial charge >= 0.3 is 0 Å². The van der Waals surface area contributed by atoms with Crippen LogP contribution in [-0.2, 0) is 4.79 Å². The van der Waals surface area contributed by atoms with E-state index in [-0.39, 0.29) is 17.9 Å². The number of benzene rings is 2. The maximum Gasteiger partial charge on any atom is 0.243 e. The minimum absolute atomic E-state index is 0.0132. The Morgan fingerprint density at radius 1 is 0.952 bits per heavy atom. The monoisotopic (exact) mass is 298 g/mol. The third-order valence-corrected chi connectivity index (χ3v) is 2.58. The van der Waals surface area contributed by atoms with Crippen molar-refractivity contribution in [1.82, 2.24) is 0 Å². The van der Waals surface area contributed by atoms with E-state index in [1.54, 1.807) is 0 Å². The van der Waals surface area contributed by atoms with E-state index in [2.05, 4.69) is 10.6 Å². The standard InChI is InChI=1S/C14H10F4N2O/c15-9-3-1-2-4-12(9)20-13(21)7-19-8-5-10(16)14(18)11(17)6-8/h1-6,19H,7H2,(H,20,21). The van der Waals surface area contributed by atoms with Gasteiger partial charge in [0.15, 0.2) is 17.5 Å². The maximum absolute atomic E-state index is 13.3.